The monoisotopic (exact) mass is 311 g/mol. The van der Waals surface area contributed by atoms with Crippen molar-refractivity contribution in [3.8, 4) is 0 Å². The second-order valence-electron chi connectivity index (χ2n) is 5.23. The highest BCUT2D eigenvalue weighted by Gasteiger charge is 2.23. The zero-order valence-corrected chi connectivity index (χ0v) is 13.4. The molecule has 1 nitrogen and oxygen atoms in total. The second kappa shape index (κ2) is 5.96. The molecule has 0 aliphatic heterocycles. The van der Waals surface area contributed by atoms with E-state index in [1.54, 1.807) is 11.3 Å². The molecule has 19 heavy (non-hydrogen) atoms. The zero-order chi connectivity index (χ0) is 13.2. The summed E-state index contributed by atoms with van der Waals surface area (Å²) in [5, 5.41) is 5.93. The van der Waals surface area contributed by atoms with E-state index in [0.29, 0.717) is 12.1 Å². The summed E-state index contributed by atoms with van der Waals surface area (Å²) < 4.78 is 0.935. The van der Waals surface area contributed by atoms with Gasteiger partial charge in [-0.25, -0.2) is 0 Å². The molecule has 1 N–H and O–H groups in total. The minimum absolute atomic E-state index is 0.488. The molecule has 0 radical (unpaired) electrons. The van der Waals surface area contributed by atoms with Gasteiger partial charge in [-0.1, -0.05) is 17.7 Å². The van der Waals surface area contributed by atoms with Gasteiger partial charge >= 0.3 is 0 Å². The molecule has 1 aliphatic rings. The molecular formula is C15H18ClNS2. The van der Waals surface area contributed by atoms with E-state index >= 15 is 0 Å². The van der Waals surface area contributed by atoms with Crippen molar-refractivity contribution in [3.63, 3.8) is 0 Å². The summed E-state index contributed by atoms with van der Waals surface area (Å²) in [5.74, 6) is 0. The Bertz CT molecular complexity index is 532. The molecule has 2 aromatic heterocycles. The normalized spacial score (nSPS) is 20.2. The Kier molecular flexibility index (Phi) is 4.27. The maximum atomic E-state index is 6.16. The molecule has 2 heterocycles. The van der Waals surface area contributed by atoms with Crippen LogP contribution in [0.4, 0.5) is 0 Å². The third-order valence-corrected chi connectivity index (χ3v) is 5.90. The second-order valence-corrected chi connectivity index (χ2v) is 8.03. The molecule has 102 valence electrons. The number of rotatable bonds is 4. The summed E-state index contributed by atoms with van der Waals surface area (Å²) in [7, 11) is 0. The summed E-state index contributed by atoms with van der Waals surface area (Å²) in [6.07, 6.45) is 4.81. The lowest BCUT2D eigenvalue weighted by Crippen LogP contribution is -2.33. The van der Waals surface area contributed by atoms with E-state index in [1.807, 2.05) is 11.3 Å². The van der Waals surface area contributed by atoms with E-state index in [1.165, 1.54) is 34.6 Å². The maximum absolute atomic E-state index is 6.16. The van der Waals surface area contributed by atoms with Crippen LogP contribution in [0.1, 0.15) is 41.1 Å². The van der Waals surface area contributed by atoms with E-state index in [-0.39, 0.29) is 0 Å². The first-order valence-corrected chi connectivity index (χ1v) is 8.86. The van der Waals surface area contributed by atoms with E-state index in [4.69, 9.17) is 11.6 Å². The molecular weight excluding hydrogens is 294 g/mol. The third-order valence-electron chi connectivity index (χ3n) is 3.66. The lowest BCUT2D eigenvalue weighted by molar-refractivity contribution is 0.411. The largest absolute Gasteiger partial charge is 0.307 e. The van der Waals surface area contributed by atoms with Crippen molar-refractivity contribution >= 4 is 34.3 Å². The van der Waals surface area contributed by atoms with Gasteiger partial charge in [0.15, 0.2) is 0 Å². The van der Waals surface area contributed by atoms with Crippen LogP contribution in [0, 0.1) is 0 Å². The molecule has 3 rings (SSSR count). The van der Waals surface area contributed by atoms with Crippen LogP contribution in [-0.4, -0.2) is 6.04 Å². The Morgan fingerprint density at radius 3 is 3.21 bits per heavy atom. The van der Waals surface area contributed by atoms with Crippen LogP contribution in [0.25, 0.3) is 0 Å². The van der Waals surface area contributed by atoms with Crippen LogP contribution in [0.3, 0.4) is 0 Å². The molecule has 0 fully saturated rings. The number of hydrogen-bond donors (Lipinski definition) is 1. The Hall–Kier alpha value is -0.350. The predicted molar refractivity (Wildman–Crippen MR) is 85.6 cm³/mol. The molecule has 0 saturated heterocycles. The van der Waals surface area contributed by atoms with Crippen molar-refractivity contribution in [2.45, 2.75) is 44.7 Å². The van der Waals surface area contributed by atoms with E-state index < -0.39 is 0 Å². The fourth-order valence-corrected chi connectivity index (χ4v) is 5.05. The van der Waals surface area contributed by atoms with Gasteiger partial charge in [0, 0.05) is 21.8 Å². The Labute approximate surface area is 127 Å². The van der Waals surface area contributed by atoms with Crippen molar-refractivity contribution in [1.82, 2.24) is 5.32 Å². The zero-order valence-electron chi connectivity index (χ0n) is 11.0. The van der Waals surface area contributed by atoms with Gasteiger partial charge in [-0.2, -0.15) is 0 Å². The van der Waals surface area contributed by atoms with Crippen molar-refractivity contribution in [2.75, 3.05) is 0 Å². The van der Waals surface area contributed by atoms with Crippen LogP contribution in [0.2, 0.25) is 4.34 Å². The summed E-state index contributed by atoms with van der Waals surface area (Å²) >= 11 is 9.76. The van der Waals surface area contributed by atoms with Gasteiger partial charge in [0.2, 0.25) is 0 Å². The average molecular weight is 312 g/mol. The fourth-order valence-electron chi connectivity index (χ4n) is 2.83. The average Bonchev–Trinajstić information content (AvgIpc) is 2.97. The van der Waals surface area contributed by atoms with E-state index in [9.17, 15) is 0 Å². The highest BCUT2D eigenvalue weighted by Crippen LogP contribution is 2.38. The Morgan fingerprint density at radius 2 is 2.42 bits per heavy atom. The van der Waals surface area contributed by atoms with Gasteiger partial charge in [0.05, 0.1) is 4.34 Å². The molecule has 4 heteroatoms. The highest BCUT2D eigenvalue weighted by molar-refractivity contribution is 7.16. The number of hydrogen-bond acceptors (Lipinski definition) is 3. The number of aryl methyl sites for hydroxylation is 1. The molecule has 2 atom stereocenters. The molecule has 0 spiro atoms. The fraction of sp³-hybridized carbons (Fsp3) is 0.467. The Balaban J connectivity index is 1.67. The molecule has 0 saturated carbocycles. The van der Waals surface area contributed by atoms with Crippen LogP contribution in [0.5, 0.6) is 0 Å². The first-order chi connectivity index (χ1) is 9.22. The van der Waals surface area contributed by atoms with Gasteiger partial charge in [-0.3, -0.25) is 0 Å². The quantitative estimate of drug-likeness (QED) is 0.832. The van der Waals surface area contributed by atoms with Crippen LogP contribution < -0.4 is 5.32 Å². The van der Waals surface area contributed by atoms with Crippen LogP contribution in [-0.2, 0) is 12.8 Å². The van der Waals surface area contributed by atoms with Crippen molar-refractivity contribution in [3.05, 3.63) is 43.2 Å². The number of thiophene rings is 2. The molecule has 1 aliphatic carbocycles. The molecule has 2 aromatic rings. The lowest BCUT2D eigenvalue weighted by atomic mass is 9.93. The highest BCUT2D eigenvalue weighted by atomic mass is 35.5. The summed E-state index contributed by atoms with van der Waals surface area (Å²) in [6.45, 7) is 2.28. The van der Waals surface area contributed by atoms with Crippen molar-refractivity contribution in [2.24, 2.45) is 0 Å². The third kappa shape index (κ3) is 3.22. The lowest BCUT2D eigenvalue weighted by Gasteiger charge is -2.27. The van der Waals surface area contributed by atoms with Crippen molar-refractivity contribution in [1.29, 1.82) is 0 Å². The molecule has 0 bridgehead atoms. The summed E-state index contributed by atoms with van der Waals surface area (Å²) in [6, 6.07) is 7.51. The number of fused-ring (bicyclic) bond motifs is 1. The number of halogens is 1. The smallest absolute Gasteiger partial charge is 0.0934 e. The molecule has 0 aromatic carbocycles. The van der Waals surface area contributed by atoms with Gasteiger partial charge in [0.1, 0.15) is 0 Å². The number of nitrogens with one attached hydrogen (secondary N) is 1. The van der Waals surface area contributed by atoms with E-state index in [0.717, 1.165) is 10.8 Å². The first-order valence-electron chi connectivity index (χ1n) is 6.79. The molecule has 0 amide bonds. The maximum Gasteiger partial charge on any atom is 0.0934 e. The SMILES string of the molecule is CC(Cc1cccs1)NC1CCCc2sc(Cl)cc21. The first kappa shape index (κ1) is 13.6. The van der Waals surface area contributed by atoms with Gasteiger partial charge in [-0.15, -0.1) is 22.7 Å². The standard InChI is InChI=1S/C15H18ClNS2/c1-10(8-11-4-3-7-18-11)17-13-5-2-6-14-12(13)9-15(16)19-14/h3-4,7,9-10,13,17H,2,5-6,8H2,1H3. The topological polar surface area (TPSA) is 12.0 Å². The van der Waals surface area contributed by atoms with Crippen LogP contribution >= 0.6 is 34.3 Å². The minimum Gasteiger partial charge on any atom is -0.307 e. The van der Waals surface area contributed by atoms with Crippen molar-refractivity contribution < 1.29 is 0 Å². The molecule has 2 unspecified atom stereocenters. The summed E-state index contributed by atoms with van der Waals surface area (Å²) in [4.78, 5) is 2.94. The van der Waals surface area contributed by atoms with Gasteiger partial charge in [-0.05, 0) is 55.7 Å². The predicted octanol–water partition coefficient (Wildman–Crippen LogP) is 5.06. The Morgan fingerprint density at radius 1 is 1.53 bits per heavy atom. The van der Waals surface area contributed by atoms with Gasteiger partial charge in [0.25, 0.3) is 0 Å². The summed E-state index contributed by atoms with van der Waals surface area (Å²) in [5.41, 5.74) is 1.44. The minimum atomic E-state index is 0.488. The van der Waals surface area contributed by atoms with Gasteiger partial charge < -0.3 is 5.32 Å². The van der Waals surface area contributed by atoms with E-state index in [2.05, 4.69) is 35.8 Å². The van der Waals surface area contributed by atoms with Crippen LogP contribution in [0.15, 0.2) is 23.6 Å².